The van der Waals surface area contributed by atoms with Gasteiger partial charge in [-0.3, -0.25) is 0 Å². The molecule has 0 saturated carbocycles. The lowest BCUT2D eigenvalue weighted by molar-refractivity contribution is 0.224. The van der Waals surface area contributed by atoms with E-state index in [1.807, 2.05) is 13.8 Å². The number of hydrogen-bond acceptors (Lipinski definition) is 4. The predicted molar refractivity (Wildman–Crippen MR) is 50.7 cm³/mol. The Morgan fingerprint density at radius 2 is 1.69 bits per heavy atom. The number of nitrogens with zero attached hydrogens (tertiary/aromatic N) is 2. The van der Waals surface area contributed by atoms with Crippen LogP contribution in [-0.2, 0) is 9.31 Å². The zero-order chi connectivity index (χ0) is 9.52. The van der Waals surface area contributed by atoms with E-state index in [-0.39, 0.29) is 0 Å². The van der Waals surface area contributed by atoms with Gasteiger partial charge in [0.1, 0.15) is 0 Å². The highest BCUT2D eigenvalue weighted by molar-refractivity contribution is 6.59. The Hall–Kier alpha value is -0.935. The minimum atomic E-state index is -0.434. The van der Waals surface area contributed by atoms with Crippen molar-refractivity contribution < 1.29 is 9.31 Å². The maximum atomic E-state index is 5.32. The van der Waals surface area contributed by atoms with Gasteiger partial charge in [-0.25, -0.2) is 9.97 Å². The molecule has 0 fully saturated rings. The van der Waals surface area contributed by atoms with Gasteiger partial charge in [-0.2, -0.15) is 0 Å². The Morgan fingerprint density at radius 1 is 1.15 bits per heavy atom. The maximum absolute atomic E-state index is 5.32. The van der Waals surface area contributed by atoms with Crippen LogP contribution in [-0.4, -0.2) is 30.3 Å². The first kappa shape index (κ1) is 10.1. The summed E-state index contributed by atoms with van der Waals surface area (Å²) in [6, 6.07) is 1.76. The molecule has 1 aromatic rings. The Kier molecular flexibility index (Phi) is 4.42. The van der Waals surface area contributed by atoms with E-state index in [0.717, 1.165) is 0 Å². The number of aromatic nitrogens is 2. The summed E-state index contributed by atoms with van der Waals surface area (Å²) in [5.41, 5.74) is 0.575. The van der Waals surface area contributed by atoms with Gasteiger partial charge in [0.25, 0.3) is 0 Å². The molecule has 1 aromatic heterocycles. The van der Waals surface area contributed by atoms with Crippen molar-refractivity contribution in [3.05, 3.63) is 18.5 Å². The Morgan fingerprint density at radius 3 is 2.15 bits per heavy atom. The van der Waals surface area contributed by atoms with Gasteiger partial charge in [-0.1, -0.05) is 0 Å². The molecule has 5 heteroatoms. The summed E-state index contributed by atoms with van der Waals surface area (Å²) in [5.74, 6) is 0. The first-order valence-corrected chi connectivity index (χ1v) is 4.38. The Balaban J connectivity index is 2.64. The lowest BCUT2D eigenvalue weighted by Crippen LogP contribution is -2.41. The molecule has 13 heavy (non-hydrogen) atoms. The lowest BCUT2D eigenvalue weighted by atomic mass is 9.88. The molecule has 0 atom stereocenters. The van der Waals surface area contributed by atoms with Crippen LogP contribution in [0.1, 0.15) is 13.8 Å². The fraction of sp³-hybridized carbons (Fsp3) is 0.500. The van der Waals surface area contributed by atoms with E-state index in [1.165, 1.54) is 0 Å². The predicted octanol–water partition coefficient (Wildman–Crippen LogP) is 0.245. The largest absolute Gasteiger partial charge is 0.533 e. The number of hydrogen-bond donors (Lipinski definition) is 0. The molecule has 1 heterocycles. The highest BCUT2D eigenvalue weighted by Gasteiger charge is 2.22. The van der Waals surface area contributed by atoms with E-state index < -0.39 is 7.12 Å². The molecule has 0 radical (unpaired) electrons. The minimum absolute atomic E-state index is 0.434. The molecule has 0 amide bonds. The van der Waals surface area contributed by atoms with Crippen molar-refractivity contribution in [3.8, 4) is 0 Å². The molecule has 0 aliphatic carbocycles. The fourth-order valence-corrected chi connectivity index (χ4v) is 0.932. The normalized spacial score (nSPS) is 10.0. The second-order valence-corrected chi connectivity index (χ2v) is 2.35. The molecule has 0 aliphatic rings. The summed E-state index contributed by atoms with van der Waals surface area (Å²) in [6.07, 6.45) is 3.35. The first-order valence-electron chi connectivity index (χ1n) is 4.38. The summed E-state index contributed by atoms with van der Waals surface area (Å²) in [4.78, 5) is 8.11. The van der Waals surface area contributed by atoms with Crippen LogP contribution in [0.5, 0.6) is 0 Å². The van der Waals surface area contributed by atoms with Crippen LogP contribution in [0.2, 0.25) is 0 Å². The molecule has 70 valence electrons. The first-order chi connectivity index (χ1) is 6.38. The molecule has 4 nitrogen and oxygen atoms in total. The monoisotopic (exact) mass is 180 g/mol. The molecule has 1 rings (SSSR count). The van der Waals surface area contributed by atoms with E-state index in [1.54, 1.807) is 18.5 Å². The lowest BCUT2D eigenvalue weighted by Gasteiger charge is -2.09. The SMILES string of the molecule is CCOB(OCC)c1ncccn1. The van der Waals surface area contributed by atoms with Gasteiger partial charge in [-0.05, 0) is 19.9 Å². The van der Waals surface area contributed by atoms with Crippen molar-refractivity contribution in [2.75, 3.05) is 13.2 Å². The van der Waals surface area contributed by atoms with E-state index in [2.05, 4.69) is 9.97 Å². The Bertz CT molecular complexity index is 227. The minimum Gasteiger partial charge on any atom is -0.406 e. The quantitative estimate of drug-likeness (QED) is 0.609. The zero-order valence-corrected chi connectivity index (χ0v) is 7.93. The molecule has 0 aromatic carbocycles. The summed E-state index contributed by atoms with van der Waals surface area (Å²) in [5, 5.41) is 0. The number of rotatable bonds is 5. The van der Waals surface area contributed by atoms with E-state index >= 15 is 0 Å². The highest BCUT2D eigenvalue weighted by Crippen LogP contribution is 1.87. The van der Waals surface area contributed by atoms with Crippen LogP contribution < -0.4 is 5.72 Å². The van der Waals surface area contributed by atoms with E-state index in [4.69, 9.17) is 9.31 Å². The van der Waals surface area contributed by atoms with Gasteiger partial charge in [0.15, 0.2) is 5.72 Å². The average molecular weight is 180 g/mol. The van der Waals surface area contributed by atoms with E-state index in [0.29, 0.717) is 18.9 Å². The Labute approximate surface area is 78.5 Å². The van der Waals surface area contributed by atoms with Gasteiger partial charge < -0.3 is 9.31 Å². The molecule has 0 spiro atoms. The average Bonchev–Trinajstić information content (AvgIpc) is 2.19. The molecule has 0 bridgehead atoms. The topological polar surface area (TPSA) is 44.2 Å². The summed E-state index contributed by atoms with van der Waals surface area (Å²) in [7, 11) is -0.434. The molecule has 0 N–H and O–H groups in total. The van der Waals surface area contributed by atoms with Crippen molar-refractivity contribution in [3.63, 3.8) is 0 Å². The third-order valence-corrected chi connectivity index (χ3v) is 1.43. The molecular weight excluding hydrogens is 167 g/mol. The van der Waals surface area contributed by atoms with Crippen molar-refractivity contribution >= 4 is 12.8 Å². The second kappa shape index (κ2) is 5.67. The van der Waals surface area contributed by atoms with Crippen LogP contribution in [0.15, 0.2) is 18.5 Å². The van der Waals surface area contributed by atoms with Crippen LogP contribution in [0.3, 0.4) is 0 Å². The van der Waals surface area contributed by atoms with Crippen molar-refractivity contribution in [1.82, 2.24) is 9.97 Å². The smallest absolute Gasteiger partial charge is 0.406 e. The second-order valence-electron chi connectivity index (χ2n) is 2.35. The molecule has 0 unspecified atom stereocenters. The van der Waals surface area contributed by atoms with Crippen molar-refractivity contribution in [2.45, 2.75) is 13.8 Å². The van der Waals surface area contributed by atoms with Crippen LogP contribution in [0.4, 0.5) is 0 Å². The maximum Gasteiger partial charge on any atom is 0.533 e. The standard InChI is InChI=1S/C8H13BN2O2/c1-3-12-9(13-4-2)8-10-6-5-7-11-8/h5-7H,3-4H2,1-2H3. The summed E-state index contributed by atoms with van der Waals surface area (Å²) < 4.78 is 10.6. The van der Waals surface area contributed by atoms with Gasteiger partial charge in [-0.15, -0.1) is 0 Å². The van der Waals surface area contributed by atoms with Gasteiger partial charge in [0.05, 0.1) is 0 Å². The fourth-order valence-electron chi connectivity index (χ4n) is 0.932. The van der Waals surface area contributed by atoms with Gasteiger partial charge in [0.2, 0.25) is 0 Å². The molecular formula is C8H13BN2O2. The highest BCUT2D eigenvalue weighted by atomic mass is 16.6. The van der Waals surface area contributed by atoms with Crippen LogP contribution in [0.25, 0.3) is 0 Å². The third-order valence-electron chi connectivity index (χ3n) is 1.43. The third kappa shape index (κ3) is 3.12. The van der Waals surface area contributed by atoms with Crippen LogP contribution >= 0.6 is 0 Å². The van der Waals surface area contributed by atoms with Crippen LogP contribution in [0, 0.1) is 0 Å². The summed E-state index contributed by atoms with van der Waals surface area (Å²) in [6.45, 7) is 5.00. The van der Waals surface area contributed by atoms with Gasteiger partial charge >= 0.3 is 7.12 Å². The molecule has 0 aliphatic heterocycles. The van der Waals surface area contributed by atoms with Crippen molar-refractivity contribution in [2.24, 2.45) is 0 Å². The van der Waals surface area contributed by atoms with Crippen molar-refractivity contribution in [1.29, 1.82) is 0 Å². The van der Waals surface area contributed by atoms with E-state index in [9.17, 15) is 0 Å². The summed E-state index contributed by atoms with van der Waals surface area (Å²) >= 11 is 0. The van der Waals surface area contributed by atoms with Gasteiger partial charge in [0, 0.05) is 25.6 Å². The molecule has 0 saturated heterocycles. The zero-order valence-electron chi connectivity index (χ0n) is 7.93.